The number of anilines is 1. The predicted molar refractivity (Wildman–Crippen MR) is 74.2 cm³/mol. The van der Waals surface area contributed by atoms with E-state index in [1.165, 1.54) is 6.33 Å². The maximum Gasteiger partial charge on any atom is 0.171 e. The van der Waals surface area contributed by atoms with E-state index >= 15 is 0 Å². The third-order valence-corrected chi connectivity index (χ3v) is 2.46. The molecule has 6 heteroatoms. The molecule has 2 N–H and O–H groups in total. The number of nitrogens with one attached hydrogen (secondary N) is 2. The van der Waals surface area contributed by atoms with E-state index in [1.54, 1.807) is 18.5 Å². The lowest BCUT2D eigenvalue weighted by atomic mass is 10.3. The van der Waals surface area contributed by atoms with Gasteiger partial charge in [-0.3, -0.25) is 4.98 Å². The van der Waals surface area contributed by atoms with Crippen LogP contribution in [-0.4, -0.2) is 26.6 Å². The van der Waals surface area contributed by atoms with Gasteiger partial charge in [0, 0.05) is 31.1 Å². The summed E-state index contributed by atoms with van der Waals surface area (Å²) in [5.41, 5.74) is 1.04. The molecule has 0 aliphatic heterocycles. The van der Waals surface area contributed by atoms with Crippen molar-refractivity contribution in [3.8, 4) is 0 Å². The first-order valence-corrected chi connectivity index (χ1v) is 5.96. The van der Waals surface area contributed by atoms with Crippen LogP contribution in [0.4, 0.5) is 5.82 Å². The molecule has 0 radical (unpaired) electrons. The highest BCUT2D eigenvalue weighted by atomic mass is 32.1. The Labute approximate surface area is 111 Å². The van der Waals surface area contributed by atoms with Crippen LogP contribution >= 0.6 is 12.2 Å². The van der Waals surface area contributed by atoms with Crippen molar-refractivity contribution in [1.82, 2.24) is 20.3 Å². The Morgan fingerprint density at radius 2 is 2.11 bits per heavy atom. The Morgan fingerprint density at radius 3 is 2.83 bits per heavy atom. The summed E-state index contributed by atoms with van der Waals surface area (Å²) >= 11 is 5.15. The molecule has 0 atom stereocenters. The van der Waals surface area contributed by atoms with Crippen molar-refractivity contribution in [2.24, 2.45) is 0 Å². The molecule has 92 valence electrons. The lowest BCUT2D eigenvalue weighted by Gasteiger charge is -2.09. The molecule has 0 bridgehead atoms. The van der Waals surface area contributed by atoms with Gasteiger partial charge in [-0.1, -0.05) is 6.07 Å². The van der Waals surface area contributed by atoms with Gasteiger partial charge in [-0.05, 0) is 30.4 Å². The topological polar surface area (TPSA) is 62.7 Å². The van der Waals surface area contributed by atoms with Crippen LogP contribution in [0.15, 0.2) is 43.0 Å². The summed E-state index contributed by atoms with van der Waals surface area (Å²) in [7, 11) is 0. The molecule has 2 heterocycles. The fraction of sp³-hybridized carbons (Fsp3) is 0.167. The van der Waals surface area contributed by atoms with Gasteiger partial charge in [-0.25, -0.2) is 9.97 Å². The van der Waals surface area contributed by atoms with Gasteiger partial charge >= 0.3 is 0 Å². The largest absolute Gasteiger partial charge is 0.362 e. The van der Waals surface area contributed by atoms with E-state index in [0.717, 1.165) is 18.7 Å². The molecule has 0 amide bonds. The SMILES string of the molecule is S=C(NCCc1ccccn1)Nc1ccncn1. The zero-order valence-electron chi connectivity index (χ0n) is 9.71. The Bertz CT molecular complexity index is 488. The molecular formula is C12H13N5S. The highest BCUT2D eigenvalue weighted by Crippen LogP contribution is 1.97. The van der Waals surface area contributed by atoms with Crippen molar-refractivity contribution < 1.29 is 0 Å². The summed E-state index contributed by atoms with van der Waals surface area (Å²) in [5.74, 6) is 0.681. The van der Waals surface area contributed by atoms with Crippen molar-refractivity contribution >= 4 is 23.1 Å². The summed E-state index contributed by atoms with van der Waals surface area (Å²) in [6.45, 7) is 0.730. The van der Waals surface area contributed by atoms with Gasteiger partial charge in [0.25, 0.3) is 0 Å². The normalized spacial score (nSPS) is 9.78. The second-order valence-corrected chi connectivity index (χ2v) is 3.95. The molecule has 0 aromatic carbocycles. The smallest absolute Gasteiger partial charge is 0.171 e. The van der Waals surface area contributed by atoms with Crippen molar-refractivity contribution in [2.45, 2.75) is 6.42 Å². The average Bonchev–Trinajstić information content (AvgIpc) is 2.41. The van der Waals surface area contributed by atoms with Crippen LogP contribution in [0.2, 0.25) is 0 Å². The lowest BCUT2D eigenvalue weighted by molar-refractivity contribution is 0.847. The summed E-state index contributed by atoms with van der Waals surface area (Å²) < 4.78 is 0. The molecule has 2 aromatic rings. The molecular weight excluding hydrogens is 246 g/mol. The van der Waals surface area contributed by atoms with Crippen LogP contribution in [-0.2, 0) is 6.42 Å². The highest BCUT2D eigenvalue weighted by Gasteiger charge is 1.98. The first-order valence-electron chi connectivity index (χ1n) is 5.55. The van der Waals surface area contributed by atoms with Crippen LogP contribution in [0.1, 0.15) is 5.69 Å². The molecule has 18 heavy (non-hydrogen) atoms. The fourth-order valence-corrected chi connectivity index (χ4v) is 1.58. The van der Waals surface area contributed by atoms with E-state index in [4.69, 9.17) is 12.2 Å². The number of rotatable bonds is 4. The third kappa shape index (κ3) is 4.06. The predicted octanol–water partition coefficient (Wildman–Crippen LogP) is 1.40. The minimum atomic E-state index is 0.546. The van der Waals surface area contributed by atoms with E-state index < -0.39 is 0 Å². The minimum Gasteiger partial charge on any atom is -0.362 e. The van der Waals surface area contributed by atoms with Crippen molar-refractivity contribution in [3.63, 3.8) is 0 Å². The zero-order valence-corrected chi connectivity index (χ0v) is 10.5. The number of thiocarbonyl (C=S) groups is 1. The summed E-state index contributed by atoms with van der Waals surface area (Å²) in [5, 5.41) is 6.62. The molecule has 0 aliphatic rings. The Morgan fingerprint density at radius 1 is 1.17 bits per heavy atom. The Kier molecular flexibility index (Phi) is 4.54. The maximum atomic E-state index is 5.15. The summed E-state index contributed by atoms with van der Waals surface area (Å²) in [6, 6.07) is 7.62. The zero-order chi connectivity index (χ0) is 12.6. The molecule has 0 unspecified atom stereocenters. The van der Waals surface area contributed by atoms with E-state index in [9.17, 15) is 0 Å². The van der Waals surface area contributed by atoms with E-state index in [2.05, 4.69) is 25.6 Å². The van der Waals surface area contributed by atoms with Crippen molar-refractivity contribution in [3.05, 3.63) is 48.7 Å². The molecule has 0 saturated carbocycles. The summed E-state index contributed by atoms with van der Waals surface area (Å²) in [6.07, 6.45) is 5.74. The molecule has 0 fully saturated rings. The molecule has 2 rings (SSSR count). The van der Waals surface area contributed by atoms with E-state index in [-0.39, 0.29) is 0 Å². The maximum absolute atomic E-state index is 5.15. The minimum absolute atomic E-state index is 0.546. The van der Waals surface area contributed by atoms with Gasteiger partial charge in [0.05, 0.1) is 0 Å². The first-order chi connectivity index (χ1) is 8.84. The molecule has 2 aromatic heterocycles. The average molecular weight is 259 g/mol. The quantitative estimate of drug-likeness (QED) is 0.809. The van der Waals surface area contributed by atoms with Gasteiger partial charge in [0.1, 0.15) is 12.1 Å². The number of aromatic nitrogens is 3. The molecule has 5 nitrogen and oxygen atoms in total. The van der Waals surface area contributed by atoms with Crippen LogP contribution in [0.5, 0.6) is 0 Å². The molecule has 0 aliphatic carbocycles. The Balaban J connectivity index is 1.73. The van der Waals surface area contributed by atoms with Crippen LogP contribution < -0.4 is 10.6 Å². The number of hydrogen-bond donors (Lipinski definition) is 2. The first kappa shape index (κ1) is 12.4. The standard InChI is InChI=1S/C12H13N5S/c18-12(17-11-5-7-13-9-16-11)15-8-4-10-3-1-2-6-14-10/h1-3,5-7,9H,4,8H2,(H2,13,15,16,17,18). The molecule has 0 spiro atoms. The van der Waals surface area contributed by atoms with Gasteiger partial charge in [0.2, 0.25) is 0 Å². The second-order valence-electron chi connectivity index (χ2n) is 3.55. The van der Waals surface area contributed by atoms with Crippen LogP contribution in [0.3, 0.4) is 0 Å². The number of pyridine rings is 1. The molecule has 0 saturated heterocycles. The second kappa shape index (κ2) is 6.61. The van der Waals surface area contributed by atoms with Crippen LogP contribution in [0.25, 0.3) is 0 Å². The van der Waals surface area contributed by atoms with Gasteiger partial charge in [-0.15, -0.1) is 0 Å². The van der Waals surface area contributed by atoms with Crippen molar-refractivity contribution in [2.75, 3.05) is 11.9 Å². The lowest BCUT2D eigenvalue weighted by Crippen LogP contribution is -2.30. The Hall–Kier alpha value is -2.08. The summed E-state index contributed by atoms with van der Waals surface area (Å²) in [4.78, 5) is 12.1. The van der Waals surface area contributed by atoms with E-state index in [1.807, 2.05) is 18.2 Å². The van der Waals surface area contributed by atoms with Gasteiger partial charge < -0.3 is 10.6 Å². The van der Waals surface area contributed by atoms with Crippen molar-refractivity contribution in [1.29, 1.82) is 0 Å². The van der Waals surface area contributed by atoms with E-state index in [0.29, 0.717) is 10.9 Å². The fourth-order valence-electron chi connectivity index (χ4n) is 1.38. The van der Waals surface area contributed by atoms with Crippen LogP contribution in [0, 0.1) is 0 Å². The highest BCUT2D eigenvalue weighted by molar-refractivity contribution is 7.80. The third-order valence-electron chi connectivity index (χ3n) is 2.22. The number of hydrogen-bond acceptors (Lipinski definition) is 4. The monoisotopic (exact) mass is 259 g/mol. The van der Waals surface area contributed by atoms with Gasteiger partial charge in [0.15, 0.2) is 5.11 Å². The van der Waals surface area contributed by atoms with Gasteiger partial charge in [-0.2, -0.15) is 0 Å². The number of nitrogens with zero attached hydrogens (tertiary/aromatic N) is 3.